The van der Waals surface area contributed by atoms with Crippen molar-refractivity contribution in [2.45, 2.75) is 104 Å². The monoisotopic (exact) mass is 660 g/mol. The molecule has 0 spiro atoms. The summed E-state index contributed by atoms with van der Waals surface area (Å²) < 4.78 is 12.9. The molecule has 264 valence electrons. The SMILES string of the molecule is C=CC1CCC(C)C(CC)C1.CC(O)CC1CCC(C)CC1.NC(=O)Cc1c[nH]c2ccc(F)cc12.NCCc1c[nH]c2ccccc12. The molecule has 2 fully saturated rings. The molecule has 2 aromatic heterocycles. The van der Waals surface area contributed by atoms with Crippen LogP contribution in [0.2, 0.25) is 0 Å². The van der Waals surface area contributed by atoms with E-state index >= 15 is 0 Å². The average Bonchev–Trinajstić information content (AvgIpc) is 3.66. The highest BCUT2D eigenvalue weighted by molar-refractivity contribution is 5.88. The molecular formula is C41H61FN4O2. The lowest BCUT2D eigenvalue weighted by atomic mass is 9.74. The largest absolute Gasteiger partial charge is 0.393 e. The van der Waals surface area contributed by atoms with E-state index in [0.29, 0.717) is 11.9 Å². The lowest BCUT2D eigenvalue weighted by Crippen LogP contribution is -2.21. The van der Waals surface area contributed by atoms with Crippen LogP contribution in [0.15, 0.2) is 67.5 Å². The number of aromatic nitrogens is 2. The maximum absolute atomic E-state index is 12.9. The van der Waals surface area contributed by atoms with E-state index in [2.05, 4.69) is 61.6 Å². The molecule has 6 nitrogen and oxygen atoms in total. The first kappa shape index (κ1) is 39.0. The number of aliphatic hydroxyl groups is 1. The number of carbonyl (C=O) groups is 1. The molecule has 48 heavy (non-hydrogen) atoms. The third kappa shape index (κ3) is 12.6. The van der Waals surface area contributed by atoms with E-state index in [0.717, 1.165) is 53.5 Å². The molecule has 0 bridgehead atoms. The zero-order valence-corrected chi connectivity index (χ0v) is 29.8. The number of benzene rings is 2. The number of allylic oxidation sites excluding steroid dienone is 1. The standard InChI is InChI=1S/C11H20.C10H9FN2O.C10H12N2.C10H20O/c1-4-10-7-6-9(3)11(5-2)8-10;11-7-1-2-9-8(4-7)6(5-13-9)3-10(12)14;11-6-5-8-7-12-10-4-2-1-3-9(8)10;1-8-3-5-10(6-4-8)7-9(2)11/h4,9-11H,1,5-8H2,2-3H3;1-2,4-5,13H,3H2,(H2,12,14);1-4,7,12H,5-6,11H2;8-11H,3-7H2,1-2H3. The smallest absolute Gasteiger partial charge is 0.221 e. The number of carbonyl (C=O) groups excluding carboxylic acids is 1. The van der Waals surface area contributed by atoms with Crippen LogP contribution in [0.4, 0.5) is 4.39 Å². The molecule has 7 N–H and O–H groups in total. The van der Waals surface area contributed by atoms with E-state index in [1.807, 2.05) is 19.2 Å². The number of halogens is 1. The maximum Gasteiger partial charge on any atom is 0.221 e. The maximum atomic E-state index is 12.9. The fourth-order valence-corrected chi connectivity index (χ4v) is 7.26. The summed E-state index contributed by atoms with van der Waals surface area (Å²) >= 11 is 0. The summed E-state index contributed by atoms with van der Waals surface area (Å²) in [5.41, 5.74) is 14.6. The van der Waals surface area contributed by atoms with Gasteiger partial charge in [-0.25, -0.2) is 4.39 Å². The quantitative estimate of drug-likeness (QED) is 0.121. The van der Waals surface area contributed by atoms with Crippen molar-refractivity contribution in [3.8, 4) is 0 Å². The van der Waals surface area contributed by atoms with Crippen LogP contribution in [0.5, 0.6) is 0 Å². The van der Waals surface area contributed by atoms with Gasteiger partial charge in [0.15, 0.2) is 0 Å². The van der Waals surface area contributed by atoms with Gasteiger partial charge in [0.2, 0.25) is 5.91 Å². The number of nitrogens with two attached hydrogens (primary N) is 2. The zero-order chi connectivity index (χ0) is 35.1. The molecule has 4 atom stereocenters. The Labute approximate surface area is 288 Å². The Hall–Kier alpha value is -3.42. The van der Waals surface area contributed by atoms with Crippen molar-refractivity contribution in [3.05, 3.63) is 84.5 Å². The highest BCUT2D eigenvalue weighted by Gasteiger charge is 2.24. The highest BCUT2D eigenvalue weighted by atomic mass is 19.1. The van der Waals surface area contributed by atoms with E-state index in [1.165, 1.54) is 80.0 Å². The third-order valence-corrected chi connectivity index (χ3v) is 10.3. The van der Waals surface area contributed by atoms with Crippen LogP contribution in [0.25, 0.3) is 21.8 Å². The number of nitrogens with one attached hydrogen (secondary N) is 2. The number of fused-ring (bicyclic) bond motifs is 2. The number of para-hydroxylation sites is 1. The Morgan fingerprint density at radius 2 is 1.67 bits per heavy atom. The number of hydrogen-bond donors (Lipinski definition) is 5. The molecule has 2 aliphatic rings. The topological polar surface area (TPSA) is 121 Å². The number of amides is 1. The average molecular weight is 661 g/mol. The van der Waals surface area contributed by atoms with Crippen molar-refractivity contribution in [1.29, 1.82) is 0 Å². The zero-order valence-electron chi connectivity index (χ0n) is 29.8. The number of aliphatic hydroxyl groups excluding tert-OH is 1. The Kier molecular flexibility index (Phi) is 16.4. The van der Waals surface area contributed by atoms with Crippen molar-refractivity contribution < 1.29 is 14.3 Å². The summed E-state index contributed by atoms with van der Waals surface area (Å²) in [5, 5.41) is 11.2. The minimum Gasteiger partial charge on any atom is -0.393 e. The molecule has 2 heterocycles. The predicted molar refractivity (Wildman–Crippen MR) is 200 cm³/mol. The molecule has 0 aliphatic heterocycles. The number of hydrogen-bond acceptors (Lipinski definition) is 3. The normalized spacial score (nSPS) is 22.7. The van der Waals surface area contributed by atoms with Gasteiger partial charge in [-0.05, 0) is 111 Å². The van der Waals surface area contributed by atoms with Gasteiger partial charge in [-0.1, -0.05) is 77.2 Å². The molecule has 7 heteroatoms. The van der Waals surface area contributed by atoms with Crippen molar-refractivity contribution >= 4 is 27.7 Å². The van der Waals surface area contributed by atoms with Crippen LogP contribution in [-0.4, -0.2) is 33.6 Å². The number of primary amides is 1. The minimum absolute atomic E-state index is 0.0894. The Bertz CT molecular complexity index is 1520. The van der Waals surface area contributed by atoms with Gasteiger partial charge >= 0.3 is 0 Å². The summed E-state index contributed by atoms with van der Waals surface area (Å²) in [6.45, 7) is 13.5. The lowest BCUT2D eigenvalue weighted by molar-refractivity contribution is -0.117. The summed E-state index contributed by atoms with van der Waals surface area (Å²) in [4.78, 5) is 16.9. The summed E-state index contributed by atoms with van der Waals surface area (Å²) in [5.74, 6) is 3.74. The van der Waals surface area contributed by atoms with Crippen molar-refractivity contribution in [2.24, 2.45) is 41.1 Å². The van der Waals surface area contributed by atoms with Crippen LogP contribution in [-0.2, 0) is 17.6 Å². The van der Waals surface area contributed by atoms with Crippen molar-refractivity contribution in [2.75, 3.05) is 6.54 Å². The predicted octanol–water partition coefficient (Wildman–Crippen LogP) is 9.22. The number of rotatable bonds is 8. The van der Waals surface area contributed by atoms with Gasteiger partial charge in [0, 0.05) is 34.2 Å². The van der Waals surface area contributed by atoms with Gasteiger partial charge in [-0.2, -0.15) is 0 Å². The second-order valence-electron chi connectivity index (χ2n) is 14.2. The van der Waals surface area contributed by atoms with E-state index in [1.54, 1.807) is 12.3 Å². The Balaban J connectivity index is 0.000000175. The van der Waals surface area contributed by atoms with Gasteiger partial charge in [0.1, 0.15) is 5.82 Å². The molecule has 4 aromatic rings. The van der Waals surface area contributed by atoms with Crippen LogP contribution in [0, 0.1) is 35.4 Å². The fourth-order valence-electron chi connectivity index (χ4n) is 7.26. The second-order valence-corrected chi connectivity index (χ2v) is 14.2. The second kappa shape index (κ2) is 20.2. The van der Waals surface area contributed by atoms with Crippen molar-refractivity contribution in [3.63, 3.8) is 0 Å². The molecule has 0 saturated heterocycles. The van der Waals surface area contributed by atoms with Crippen LogP contribution in [0.3, 0.4) is 0 Å². The first-order valence-electron chi connectivity index (χ1n) is 18.1. The lowest BCUT2D eigenvalue weighted by Gasteiger charge is -2.32. The number of H-pyrrole nitrogens is 2. The first-order chi connectivity index (χ1) is 23.0. The Morgan fingerprint density at radius 1 is 1.00 bits per heavy atom. The van der Waals surface area contributed by atoms with Crippen LogP contribution < -0.4 is 11.5 Å². The molecule has 2 saturated carbocycles. The molecule has 2 aliphatic carbocycles. The van der Waals surface area contributed by atoms with E-state index in [9.17, 15) is 14.3 Å². The molecular weight excluding hydrogens is 599 g/mol. The minimum atomic E-state index is -0.421. The molecule has 1 amide bonds. The van der Waals surface area contributed by atoms with Crippen LogP contribution >= 0.6 is 0 Å². The third-order valence-electron chi connectivity index (χ3n) is 10.3. The van der Waals surface area contributed by atoms with Crippen molar-refractivity contribution in [1.82, 2.24) is 9.97 Å². The van der Waals surface area contributed by atoms with Gasteiger partial charge in [-0.3, -0.25) is 4.79 Å². The molecule has 0 radical (unpaired) electrons. The van der Waals surface area contributed by atoms with E-state index in [4.69, 9.17) is 11.5 Å². The summed E-state index contributed by atoms with van der Waals surface area (Å²) in [6, 6.07) is 12.7. The van der Waals surface area contributed by atoms with Crippen LogP contribution in [0.1, 0.15) is 96.6 Å². The van der Waals surface area contributed by atoms with E-state index < -0.39 is 5.91 Å². The molecule has 6 rings (SSSR count). The molecule has 4 unspecified atom stereocenters. The highest BCUT2D eigenvalue weighted by Crippen LogP contribution is 2.35. The number of aromatic amines is 2. The van der Waals surface area contributed by atoms with Gasteiger partial charge in [-0.15, -0.1) is 6.58 Å². The molecule has 2 aromatic carbocycles. The summed E-state index contributed by atoms with van der Waals surface area (Å²) in [6.07, 6.45) is 18.8. The summed E-state index contributed by atoms with van der Waals surface area (Å²) in [7, 11) is 0. The van der Waals surface area contributed by atoms with E-state index in [-0.39, 0.29) is 18.3 Å². The fraction of sp³-hybridized carbons (Fsp3) is 0.537. The van der Waals surface area contributed by atoms with Gasteiger partial charge in [0.25, 0.3) is 0 Å². The van der Waals surface area contributed by atoms with Gasteiger partial charge in [0.05, 0.1) is 12.5 Å². The van der Waals surface area contributed by atoms with Gasteiger partial charge < -0.3 is 26.5 Å². The Morgan fingerprint density at radius 3 is 2.29 bits per heavy atom. The first-order valence-corrected chi connectivity index (χ1v) is 18.1.